The van der Waals surface area contributed by atoms with Gasteiger partial charge in [-0.3, -0.25) is 9.69 Å². The van der Waals surface area contributed by atoms with Gasteiger partial charge in [-0.1, -0.05) is 55.0 Å². The highest BCUT2D eigenvalue weighted by Gasteiger charge is 2.24. The van der Waals surface area contributed by atoms with E-state index < -0.39 is 0 Å². The molecule has 0 spiro atoms. The van der Waals surface area contributed by atoms with Gasteiger partial charge in [0.1, 0.15) is 4.88 Å². The van der Waals surface area contributed by atoms with Crippen molar-refractivity contribution >= 4 is 22.4 Å². The summed E-state index contributed by atoms with van der Waals surface area (Å²) >= 11 is 1.27. The Morgan fingerprint density at radius 3 is 2.68 bits per heavy atom. The van der Waals surface area contributed by atoms with E-state index in [0.29, 0.717) is 23.0 Å². The Kier molecular flexibility index (Phi) is 6.04. The molecule has 1 aliphatic heterocycles. The lowest BCUT2D eigenvalue weighted by Gasteiger charge is -2.35. The van der Waals surface area contributed by atoms with Crippen molar-refractivity contribution in [3.8, 4) is 0 Å². The molecule has 6 heteroatoms. The van der Waals surface area contributed by atoms with Crippen LogP contribution in [0.1, 0.15) is 53.2 Å². The van der Waals surface area contributed by atoms with Crippen LogP contribution in [0.5, 0.6) is 0 Å². The van der Waals surface area contributed by atoms with E-state index in [9.17, 15) is 4.79 Å². The number of aromatic nitrogens is 1. The highest BCUT2D eigenvalue weighted by molar-refractivity contribution is 7.17. The average Bonchev–Trinajstić information content (AvgIpc) is 3.04. The van der Waals surface area contributed by atoms with Crippen LogP contribution in [-0.2, 0) is 6.42 Å². The quantitative estimate of drug-likeness (QED) is 0.831. The van der Waals surface area contributed by atoms with Crippen molar-refractivity contribution in [2.45, 2.75) is 38.6 Å². The van der Waals surface area contributed by atoms with Crippen molar-refractivity contribution in [2.75, 3.05) is 25.4 Å². The van der Waals surface area contributed by atoms with Crippen LogP contribution < -0.4 is 11.1 Å². The predicted octanol–water partition coefficient (Wildman–Crippen LogP) is 3.24. The van der Waals surface area contributed by atoms with Gasteiger partial charge in [-0.15, -0.1) is 0 Å². The minimum atomic E-state index is -0.0657. The smallest absolute Gasteiger partial charge is 0.263 e. The SMILES string of the molecule is CCc1nc(N)sc1C(=O)NC[C@@H](c1ccccc1)N1CCCCC1. The third-order valence-electron chi connectivity index (χ3n) is 4.73. The predicted molar refractivity (Wildman–Crippen MR) is 103 cm³/mol. The Morgan fingerprint density at radius 2 is 2.00 bits per heavy atom. The number of carbonyl (C=O) groups excluding carboxylic acids is 1. The number of anilines is 1. The first-order valence-corrected chi connectivity index (χ1v) is 9.83. The van der Waals surface area contributed by atoms with Gasteiger partial charge in [0, 0.05) is 6.54 Å². The summed E-state index contributed by atoms with van der Waals surface area (Å²) in [6.07, 6.45) is 4.46. The number of hydrogen-bond donors (Lipinski definition) is 2. The Balaban J connectivity index is 1.72. The van der Waals surface area contributed by atoms with Gasteiger partial charge in [-0.25, -0.2) is 4.98 Å². The molecule has 5 nitrogen and oxygen atoms in total. The fourth-order valence-electron chi connectivity index (χ4n) is 3.42. The van der Waals surface area contributed by atoms with Gasteiger partial charge in [0.25, 0.3) is 5.91 Å². The van der Waals surface area contributed by atoms with Gasteiger partial charge in [0.05, 0.1) is 11.7 Å². The molecular formula is C19H26N4OS. The summed E-state index contributed by atoms with van der Waals surface area (Å²) in [5, 5.41) is 3.57. The number of piperidine rings is 1. The molecule has 1 aromatic heterocycles. The van der Waals surface area contributed by atoms with Crippen LogP contribution in [-0.4, -0.2) is 35.4 Å². The molecule has 0 radical (unpaired) electrons. The van der Waals surface area contributed by atoms with Crippen molar-refractivity contribution in [2.24, 2.45) is 0 Å². The highest BCUT2D eigenvalue weighted by atomic mass is 32.1. The van der Waals surface area contributed by atoms with E-state index in [1.807, 2.05) is 13.0 Å². The number of thiazole rings is 1. The second-order valence-corrected chi connectivity index (χ2v) is 7.45. The first-order valence-electron chi connectivity index (χ1n) is 9.01. The van der Waals surface area contributed by atoms with Crippen LogP contribution >= 0.6 is 11.3 Å². The van der Waals surface area contributed by atoms with Crippen LogP contribution in [0.3, 0.4) is 0 Å². The molecule has 25 heavy (non-hydrogen) atoms. The summed E-state index contributed by atoms with van der Waals surface area (Å²) in [5.74, 6) is -0.0657. The van der Waals surface area contributed by atoms with Gasteiger partial charge < -0.3 is 11.1 Å². The summed E-state index contributed by atoms with van der Waals surface area (Å²) < 4.78 is 0. The van der Waals surface area contributed by atoms with Crippen molar-refractivity contribution in [3.05, 3.63) is 46.5 Å². The largest absolute Gasteiger partial charge is 0.375 e. The lowest BCUT2D eigenvalue weighted by atomic mass is 10.0. The molecule has 1 aliphatic rings. The van der Waals surface area contributed by atoms with Crippen LogP contribution in [0.25, 0.3) is 0 Å². The minimum absolute atomic E-state index is 0.0657. The molecule has 1 saturated heterocycles. The maximum Gasteiger partial charge on any atom is 0.263 e. The lowest BCUT2D eigenvalue weighted by Crippen LogP contribution is -2.40. The molecule has 3 rings (SSSR count). The Hall–Kier alpha value is -1.92. The van der Waals surface area contributed by atoms with Crippen molar-refractivity contribution in [1.29, 1.82) is 0 Å². The van der Waals surface area contributed by atoms with Crippen molar-refractivity contribution < 1.29 is 4.79 Å². The number of nitrogen functional groups attached to an aromatic ring is 1. The number of likely N-dealkylation sites (tertiary alicyclic amines) is 1. The number of nitrogens with two attached hydrogens (primary N) is 1. The Morgan fingerprint density at radius 1 is 1.28 bits per heavy atom. The molecule has 2 heterocycles. The number of amides is 1. The maximum absolute atomic E-state index is 12.6. The van der Waals surface area contributed by atoms with Gasteiger partial charge in [-0.2, -0.15) is 0 Å². The molecule has 0 bridgehead atoms. The lowest BCUT2D eigenvalue weighted by molar-refractivity contribution is 0.0927. The standard InChI is InChI=1S/C19H26N4OS/c1-2-15-17(25-19(20)22-15)18(24)21-13-16(14-9-5-3-6-10-14)23-11-7-4-8-12-23/h3,5-6,9-10,16H,2,4,7-8,11-13H2,1H3,(H2,20,22)(H,21,24)/t16-/m0/s1. The topological polar surface area (TPSA) is 71.2 Å². The van der Waals surface area contributed by atoms with E-state index in [2.05, 4.69) is 39.5 Å². The Labute approximate surface area is 153 Å². The average molecular weight is 359 g/mol. The molecule has 0 saturated carbocycles. The third-order valence-corrected chi connectivity index (χ3v) is 5.65. The summed E-state index contributed by atoms with van der Waals surface area (Å²) in [6.45, 7) is 4.77. The zero-order chi connectivity index (χ0) is 17.6. The Bertz CT molecular complexity index is 695. The normalized spacial score (nSPS) is 16.5. The first-order chi connectivity index (χ1) is 12.2. The molecule has 1 atom stereocenters. The van der Waals surface area contributed by atoms with Crippen LogP contribution in [0.2, 0.25) is 0 Å². The molecule has 0 unspecified atom stereocenters. The fraction of sp³-hybridized carbons (Fsp3) is 0.474. The first kappa shape index (κ1) is 17.9. The second kappa shape index (κ2) is 8.45. The van der Waals surface area contributed by atoms with Gasteiger partial charge in [-0.05, 0) is 37.9 Å². The van der Waals surface area contributed by atoms with E-state index >= 15 is 0 Å². The van der Waals surface area contributed by atoms with Gasteiger partial charge in [0.15, 0.2) is 5.13 Å². The molecule has 2 aromatic rings. The van der Waals surface area contributed by atoms with Crippen LogP contribution in [0.4, 0.5) is 5.13 Å². The molecule has 0 aliphatic carbocycles. The molecule has 1 fully saturated rings. The van der Waals surface area contributed by atoms with Gasteiger partial charge in [0.2, 0.25) is 0 Å². The number of nitrogens with one attached hydrogen (secondary N) is 1. The highest BCUT2D eigenvalue weighted by Crippen LogP contribution is 2.25. The van der Waals surface area contributed by atoms with Crippen molar-refractivity contribution in [1.82, 2.24) is 15.2 Å². The van der Waals surface area contributed by atoms with E-state index in [-0.39, 0.29) is 11.9 Å². The molecular weight excluding hydrogens is 332 g/mol. The van der Waals surface area contributed by atoms with E-state index in [1.54, 1.807) is 0 Å². The van der Waals surface area contributed by atoms with E-state index in [0.717, 1.165) is 18.8 Å². The maximum atomic E-state index is 12.6. The number of nitrogens with zero attached hydrogens (tertiary/aromatic N) is 2. The zero-order valence-electron chi connectivity index (χ0n) is 14.7. The van der Waals surface area contributed by atoms with Crippen LogP contribution in [0.15, 0.2) is 30.3 Å². The number of aryl methyl sites for hydroxylation is 1. The zero-order valence-corrected chi connectivity index (χ0v) is 15.5. The molecule has 1 aromatic carbocycles. The minimum Gasteiger partial charge on any atom is -0.375 e. The summed E-state index contributed by atoms with van der Waals surface area (Å²) in [5.41, 5.74) is 7.82. The molecule has 1 amide bonds. The number of hydrogen-bond acceptors (Lipinski definition) is 5. The summed E-state index contributed by atoms with van der Waals surface area (Å²) in [6, 6.07) is 10.7. The van der Waals surface area contributed by atoms with Crippen LogP contribution in [0, 0.1) is 0 Å². The monoisotopic (exact) mass is 358 g/mol. The molecule has 134 valence electrons. The van der Waals surface area contributed by atoms with Gasteiger partial charge >= 0.3 is 0 Å². The number of benzene rings is 1. The fourth-order valence-corrected chi connectivity index (χ4v) is 4.26. The van der Waals surface area contributed by atoms with Crippen molar-refractivity contribution in [3.63, 3.8) is 0 Å². The second-order valence-electron chi connectivity index (χ2n) is 6.41. The third kappa shape index (κ3) is 4.38. The number of rotatable bonds is 6. The number of carbonyl (C=O) groups is 1. The molecule has 3 N–H and O–H groups in total. The van der Waals surface area contributed by atoms with E-state index in [4.69, 9.17) is 5.73 Å². The summed E-state index contributed by atoms with van der Waals surface area (Å²) in [4.78, 5) is 20.0. The van der Waals surface area contributed by atoms with E-state index in [1.165, 1.54) is 36.2 Å². The summed E-state index contributed by atoms with van der Waals surface area (Å²) in [7, 11) is 0.